The van der Waals surface area contributed by atoms with Gasteiger partial charge in [-0.15, -0.1) is 11.3 Å². The van der Waals surface area contributed by atoms with E-state index in [9.17, 15) is 4.79 Å². The van der Waals surface area contributed by atoms with Gasteiger partial charge in [-0.1, -0.05) is 11.6 Å². The maximum absolute atomic E-state index is 12.5. The molecule has 0 N–H and O–H groups in total. The van der Waals surface area contributed by atoms with E-state index in [1.807, 2.05) is 17.0 Å². The van der Waals surface area contributed by atoms with E-state index in [0.29, 0.717) is 0 Å². The van der Waals surface area contributed by atoms with Crippen molar-refractivity contribution in [2.24, 2.45) is 0 Å². The van der Waals surface area contributed by atoms with Gasteiger partial charge in [0, 0.05) is 19.6 Å². The molecular weight excluding hydrogens is 268 g/mol. The van der Waals surface area contributed by atoms with Crippen LogP contribution >= 0.6 is 22.9 Å². The molecule has 96 valence electrons. The lowest BCUT2D eigenvalue weighted by Gasteiger charge is -2.16. The monoisotopic (exact) mass is 282 g/mol. The van der Waals surface area contributed by atoms with Gasteiger partial charge in [0.15, 0.2) is 0 Å². The summed E-state index contributed by atoms with van der Waals surface area (Å²) in [5, 5.41) is 0. The summed E-state index contributed by atoms with van der Waals surface area (Å²) in [6, 6.07) is 3.93. The molecule has 1 aliphatic rings. The Morgan fingerprint density at radius 1 is 1.39 bits per heavy atom. The van der Waals surface area contributed by atoms with Crippen LogP contribution in [0.5, 0.6) is 0 Å². The van der Waals surface area contributed by atoms with Gasteiger partial charge < -0.3 is 9.47 Å². The summed E-state index contributed by atoms with van der Waals surface area (Å²) >= 11 is 7.56. The molecule has 1 aliphatic heterocycles. The normalized spacial score (nSPS) is 15.8. The lowest BCUT2D eigenvalue weighted by Crippen LogP contribution is -2.29. The number of fused-ring (bicyclic) bond motifs is 1. The quantitative estimate of drug-likeness (QED) is 0.826. The Labute approximate surface area is 115 Å². The van der Waals surface area contributed by atoms with Gasteiger partial charge in [-0.05, 0) is 31.9 Å². The predicted octanol–water partition coefficient (Wildman–Crippen LogP) is 3.61. The number of carbonyl (C=O) groups excluding carboxylic acids is 1. The molecule has 0 aliphatic carbocycles. The van der Waals surface area contributed by atoms with Crippen molar-refractivity contribution in [1.29, 1.82) is 0 Å². The summed E-state index contributed by atoms with van der Waals surface area (Å²) in [5.41, 5.74) is 1.88. The second-order valence-corrected chi connectivity index (χ2v) is 6.29. The smallest absolute Gasteiger partial charge is 0.270 e. The van der Waals surface area contributed by atoms with E-state index in [-0.39, 0.29) is 5.91 Å². The third-order valence-electron chi connectivity index (χ3n) is 3.49. The zero-order valence-corrected chi connectivity index (χ0v) is 11.9. The molecule has 1 fully saturated rings. The topological polar surface area (TPSA) is 25.2 Å². The van der Waals surface area contributed by atoms with Crippen molar-refractivity contribution in [3.05, 3.63) is 22.2 Å². The highest BCUT2D eigenvalue weighted by molar-refractivity contribution is 7.22. The maximum Gasteiger partial charge on any atom is 0.270 e. The zero-order valence-electron chi connectivity index (χ0n) is 10.3. The SMILES string of the molecule is CCn1c(C(=O)N2CCCC2)cc2sc(Cl)cc21. The van der Waals surface area contributed by atoms with E-state index in [0.717, 1.165) is 52.7 Å². The van der Waals surface area contributed by atoms with Crippen LogP contribution in [0.2, 0.25) is 4.34 Å². The van der Waals surface area contributed by atoms with Crippen LogP contribution in [-0.4, -0.2) is 28.5 Å². The Bertz CT molecular complexity index is 595. The Kier molecular flexibility index (Phi) is 3.08. The molecule has 0 radical (unpaired) electrons. The Morgan fingerprint density at radius 3 is 2.78 bits per heavy atom. The van der Waals surface area contributed by atoms with Crippen molar-refractivity contribution >= 4 is 39.1 Å². The Balaban J connectivity index is 2.05. The van der Waals surface area contributed by atoms with Crippen LogP contribution in [0.1, 0.15) is 30.3 Å². The molecule has 0 spiro atoms. The van der Waals surface area contributed by atoms with E-state index < -0.39 is 0 Å². The van der Waals surface area contributed by atoms with Crippen LogP contribution in [0.25, 0.3) is 10.2 Å². The molecule has 0 atom stereocenters. The standard InChI is InChI=1S/C13H15ClN2OS/c1-2-16-9-8-12(14)18-11(9)7-10(16)13(17)15-5-3-4-6-15/h7-8H,2-6H2,1H3. The minimum Gasteiger partial charge on any atom is -0.337 e. The van der Waals surface area contributed by atoms with E-state index in [2.05, 4.69) is 11.5 Å². The lowest BCUT2D eigenvalue weighted by molar-refractivity contribution is 0.0783. The van der Waals surface area contributed by atoms with Crippen LogP contribution in [0, 0.1) is 0 Å². The van der Waals surface area contributed by atoms with Gasteiger partial charge in [-0.2, -0.15) is 0 Å². The molecule has 0 saturated carbocycles. The largest absolute Gasteiger partial charge is 0.337 e. The number of hydrogen-bond donors (Lipinski definition) is 0. The van der Waals surface area contributed by atoms with Crippen LogP contribution in [0.15, 0.2) is 12.1 Å². The highest BCUT2D eigenvalue weighted by Gasteiger charge is 2.23. The van der Waals surface area contributed by atoms with Crippen molar-refractivity contribution in [3.8, 4) is 0 Å². The van der Waals surface area contributed by atoms with E-state index >= 15 is 0 Å². The number of aromatic nitrogens is 1. The molecule has 3 rings (SSSR count). The third kappa shape index (κ3) is 1.84. The summed E-state index contributed by atoms with van der Waals surface area (Å²) in [4.78, 5) is 14.4. The second-order valence-electron chi connectivity index (χ2n) is 4.57. The van der Waals surface area contributed by atoms with Gasteiger partial charge in [-0.25, -0.2) is 0 Å². The molecule has 0 unspecified atom stereocenters. The average Bonchev–Trinajstić information content (AvgIpc) is 3.01. The average molecular weight is 283 g/mol. The number of hydrogen-bond acceptors (Lipinski definition) is 2. The fraction of sp³-hybridized carbons (Fsp3) is 0.462. The number of nitrogens with zero attached hydrogens (tertiary/aromatic N) is 2. The van der Waals surface area contributed by atoms with Crippen LogP contribution in [0.4, 0.5) is 0 Å². The summed E-state index contributed by atoms with van der Waals surface area (Å²) < 4.78 is 3.95. The van der Waals surface area contributed by atoms with Crippen LogP contribution < -0.4 is 0 Å². The maximum atomic E-state index is 12.5. The second kappa shape index (κ2) is 4.59. The summed E-state index contributed by atoms with van der Waals surface area (Å²) in [5.74, 6) is 0.161. The van der Waals surface area contributed by atoms with Gasteiger partial charge in [-0.3, -0.25) is 4.79 Å². The van der Waals surface area contributed by atoms with Gasteiger partial charge in [0.05, 0.1) is 14.6 Å². The third-order valence-corrected chi connectivity index (χ3v) is 4.69. The number of rotatable bonds is 2. The van der Waals surface area contributed by atoms with Crippen LogP contribution in [0.3, 0.4) is 0 Å². The molecule has 0 bridgehead atoms. The highest BCUT2D eigenvalue weighted by atomic mass is 35.5. The summed E-state index contributed by atoms with van der Waals surface area (Å²) in [6.45, 7) is 4.64. The van der Waals surface area contributed by atoms with Crippen LogP contribution in [-0.2, 0) is 6.54 Å². The number of aryl methyl sites for hydroxylation is 1. The van der Waals surface area contributed by atoms with Crippen molar-refractivity contribution < 1.29 is 4.79 Å². The van der Waals surface area contributed by atoms with Crippen molar-refractivity contribution in [3.63, 3.8) is 0 Å². The minimum atomic E-state index is 0.161. The molecule has 3 heterocycles. The number of likely N-dealkylation sites (tertiary alicyclic amines) is 1. The molecule has 2 aromatic heterocycles. The first-order valence-corrected chi connectivity index (χ1v) is 7.48. The number of thiophene rings is 1. The first kappa shape index (κ1) is 12.1. The molecule has 1 amide bonds. The Hall–Kier alpha value is -1.00. The van der Waals surface area contributed by atoms with Gasteiger partial charge in [0.2, 0.25) is 0 Å². The molecule has 2 aromatic rings. The van der Waals surface area contributed by atoms with Crippen molar-refractivity contribution in [2.75, 3.05) is 13.1 Å². The molecule has 1 saturated heterocycles. The Morgan fingerprint density at radius 2 is 2.11 bits per heavy atom. The number of amides is 1. The van der Waals surface area contributed by atoms with Gasteiger partial charge >= 0.3 is 0 Å². The summed E-state index contributed by atoms with van der Waals surface area (Å²) in [6.07, 6.45) is 2.25. The first-order valence-electron chi connectivity index (χ1n) is 6.28. The van der Waals surface area contributed by atoms with Crippen molar-refractivity contribution in [1.82, 2.24) is 9.47 Å². The highest BCUT2D eigenvalue weighted by Crippen LogP contribution is 2.32. The fourth-order valence-corrected chi connectivity index (χ4v) is 3.79. The molecule has 0 aromatic carbocycles. The molecule has 3 nitrogen and oxygen atoms in total. The predicted molar refractivity (Wildman–Crippen MR) is 75.6 cm³/mol. The molecule has 18 heavy (non-hydrogen) atoms. The summed E-state index contributed by atoms with van der Waals surface area (Å²) in [7, 11) is 0. The lowest BCUT2D eigenvalue weighted by atomic mass is 10.3. The molecular formula is C13H15ClN2OS. The van der Waals surface area contributed by atoms with E-state index in [1.54, 1.807) is 0 Å². The number of halogens is 1. The zero-order chi connectivity index (χ0) is 12.7. The first-order chi connectivity index (χ1) is 8.70. The minimum absolute atomic E-state index is 0.161. The van der Waals surface area contributed by atoms with Gasteiger partial charge in [0.25, 0.3) is 5.91 Å². The van der Waals surface area contributed by atoms with Crippen molar-refractivity contribution in [2.45, 2.75) is 26.3 Å². The van der Waals surface area contributed by atoms with Gasteiger partial charge in [0.1, 0.15) is 5.69 Å². The van der Waals surface area contributed by atoms with E-state index in [4.69, 9.17) is 11.6 Å². The number of carbonyl (C=O) groups is 1. The fourth-order valence-electron chi connectivity index (χ4n) is 2.61. The van der Waals surface area contributed by atoms with E-state index in [1.165, 1.54) is 11.3 Å². The molecule has 5 heteroatoms.